The van der Waals surface area contributed by atoms with Crippen LogP contribution in [0, 0.1) is 6.92 Å². The van der Waals surface area contributed by atoms with Crippen LogP contribution in [0.2, 0.25) is 0 Å². The molecule has 2 N–H and O–H groups in total. The summed E-state index contributed by atoms with van der Waals surface area (Å²) in [5.41, 5.74) is 4.33. The van der Waals surface area contributed by atoms with E-state index in [1.54, 1.807) is 17.4 Å². The molecule has 1 saturated heterocycles. The molecule has 2 heterocycles. The van der Waals surface area contributed by atoms with Crippen molar-refractivity contribution in [3.63, 3.8) is 0 Å². The van der Waals surface area contributed by atoms with Gasteiger partial charge in [-0.3, -0.25) is 19.8 Å². The first-order chi connectivity index (χ1) is 14.9. The van der Waals surface area contributed by atoms with Crippen LogP contribution in [0.15, 0.2) is 54.6 Å². The fourth-order valence-electron chi connectivity index (χ4n) is 4.33. The van der Waals surface area contributed by atoms with E-state index in [2.05, 4.69) is 4.98 Å². The molecule has 1 aliphatic rings. The highest BCUT2D eigenvalue weighted by molar-refractivity contribution is 5.95. The number of ether oxygens (including phenoxy) is 1. The molecular formula is C24H25N3O4. The molecule has 1 aliphatic heterocycles. The van der Waals surface area contributed by atoms with E-state index in [9.17, 15) is 9.59 Å². The molecule has 7 heteroatoms. The van der Waals surface area contributed by atoms with Crippen molar-refractivity contribution in [1.29, 1.82) is 0 Å². The first kappa shape index (κ1) is 20.8. The maximum absolute atomic E-state index is 12.9. The van der Waals surface area contributed by atoms with Crippen molar-refractivity contribution in [3.05, 3.63) is 71.4 Å². The normalized spacial score (nSPS) is 18.4. The lowest BCUT2D eigenvalue weighted by molar-refractivity contribution is -0.137. The molecule has 2 amide bonds. The Bertz CT molecular complexity index is 1130. The monoisotopic (exact) mass is 419 g/mol. The van der Waals surface area contributed by atoms with Gasteiger partial charge in [0.2, 0.25) is 11.8 Å². The van der Waals surface area contributed by atoms with Crippen LogP contribution in [0.25, 0.3) is 10.9 Å². The second-order valence-corrected chi connectivity index (χ2v) is 8.02. The molecular weight excluding hydrogens is 394 g/mol. The Kier molecular flexibility index (Phi) is 5.61. The van der Waals surface area contributed by atoms with Crippen molar-refractivity contribution in [2.24, 2.45) is 0 Å². The van der Waals surface area contributed by atoms with Gasteiger partial charge in [0.05, 0.1) is 10.9 Å². The second kappa shape index (κ2) is 8.35. The largest absolute Gasteiger partial charge is 0.489 e. The number of hydrogen-bond donors (Lipinski definition) is 2. The zero-order valence-electron chi connectivity index (χ0n) is 17.6. The summed E-state index contributed by atoms with van der Waals surface area (Å²) in [6.07, 6.45) is 0.410. The highest BCUT2D eigenvalue weighted by Crippen LogP contribution is 2.39. The van der Waals surface area contributed by atoms with Crippen molar-refractivity contribution in [1.82, 2.24) is 15.4 Å². The number of pyridine rings is 1. The minimum atomic E-state index is -0.974. The molecule has 0 spiro atoms. The van der Waals surface area contributed by atoms with Crippen LogP contribution >= 0.6 is 0 Å². The molecule has 1 atom stereocenters. The fourth-order valence-corrected chi connectivity index (χ4v) is 4.33. The number of aryl methyl sites for hydroxylation is 1. The number of carbonyl (C=O) groups is 2. The number of fused-ring (bicyclic) bond motifs is 1. The van der Waals surface area contributed by atoms with E-state index in [4.69, 9.17) is 9.94 Å². The Morgan fingerprint density at radius 1 is 1.23 bits per heavy atom. The SMILES string of the molecule is Cc1cc(COc2ccc(C3(CC(=O)NO)CCN(C)C3=O)cc2)c2ccccc2n1. The Hall–Kier alpha value is -3.45. The van der Waals surface area contributed by atoms with E-state index in [-0.39, 0.29) is 12.3 Å². The summed E-state index contributed by atoms with van der Waals surface area (Å²) in [5.74, 6) is -0.0322. The van der Waals surface area contributed by atoms with Crippen LogP contribution in [0.3, 0.4) is 0 Å². The number of nitrogens with zero attached hydrogens (tertiary/aromatic N) is 2. The maximum Gasteiger partial charge on any atom is 0.244 e. The quantitative estimate of drug-likeness (QED) is 0.473. The number of para-hydroxylation sites is 1. The van der Waals surface area contributed by atoms with Gasteiger partial charge in [-0.2, -0.15) is 0 Å². The minimum Gasteiger partial charge on any atom is -0.489 e. The van der Waals surface area contributed by atoms with Crippen molar-refractivity contribution < 1.29 is 19.5 Å². The van der Waals surface area contributed by atoms with Gasteiger partial charge in [-0.05, 0) is 43.2 Å². The molecule has 1 unspecified atom stereocenters. The molecule has 31 heavy (non-hydrogen) atoms. The lowest BCUT2D eigenvalue weighted by Gasteiger charge is -2.27. The highest BCUT2D eigenvalue weighted by Gasteiger charge is 2.48. The van der Waals surface area contributed by atoms with Crippen molar-refractivity contribution in [3.8, 4) is 5.75 Å². The van der Waals surface area contributed by atoms with Crippen molar-refractivity contribution in [2.45, 2.75) is 31.8 Å². The smallest absolute Gasteiger partial charge is 0.244 e. The topological polar surface area (TPSA) is 91.8 Å². The van der Waals surface area contributed by atoms with Crippen LogP contribution < -0.4 is 10.2 Å². The third-order valence-electron chi connectivity index (χ3n) is 5.95. The maximum atomic E-state index is 12.9. The second-order valence-electron chi connectivity index (χ2n) is 8.02. The molecule has 160 valence electrons. The summed E-state index contributed by atoms with van der Waals surface area (Å²) < 4.78 is 6.01. The molecule has 1 aromatic heterocycles. The predicted molar refractivity (Wildman–Crippen MR) is 116 cm³/mol. The number of hydrogen-bond acceptors (Lipinski definition) is 5. The number of likely N-dealkylation sites (tertiary alicyclic amines) is 1. The van der Waals surface area contributed by atoms with Gasteiger partial charge in [0, 0.05) is 36.7 Å². The van der Waals surface area contributed by atoms with E-state index >= 15 is 0 Å². The minimum absolute atomic E-state index is 0.102. The fraction of sp³-hybridized carbons (Fsp3) is 0.292. The van der Waals surface area contributed by atoms with E-state index in [1.807, 2.05) is 61.5 Å². The molecule has 0 aliphatic carbocycles. The molecule has 0 saturated carbocycles. The number of hydroxylamine groups is 1. The van der Waals surface area contributed by atoms with E-state index in [1.165, 1.54) is 0 Å². The summed E-state index contributed by atoms with van der Waals surface area (Å²) in [7, 11) is 1.72. The highest BCUT2D eigenvalue weighted by atomic mass is 16.5. The number of nitrogens with one attached hydrogen (secondary N) is 1. The number of rotatable bonds is 6. The van der Waals surface area contributed by atoms with Gasteiger partial charge in [-0.15, -0.1) is 0 Å². The summed E-state index contributed by atoms with van der Waals surface area (Å²) in [6, 6.07) is 17.3. The van der Waals surface area contributed by atoms with Crippen LogP contribution in [0.5, 0.6) is 5.75 Å². The number of benzene rings is 2. The average Bonchev–Trinajstić information content (AvgIpc) is 3.07. The van der Waals surface area contributed by atoms with Crippen LogP contribution in [-0.4, -0.2) is 40.5 Å². The summed E-state index contributed by atoms with van der Waals surface area (Å²) >= 11 is 0. The Morgan fingerprint density at radius 3 is 2.65 bits per heavy atom. The van der Waals surface area contributed by atoms with Gasteiger partial charge < -0.3 is 9.64 Å². The third kappa shape index (κ3) is 3.96. The molecule has 7 nitrogen and oxygen atoms in total. The van der Waals surface area contributed by atoms with Gasteiger partial charge >= 0.3 is 0 Å². The van der Waals surface area contributed by atoms with Gasteiger partial charge in [0.15, 0.2) is 0 Å². The molecule has 2 aromatic carbocycles. The zero-order chi connectivity index (χ0) is 22.0. The molecule has 0 bridgehead atoms. The number of aromatic nitrogens is 1. The zero-order valence-corrected chi connectivity index (χ0v) is 17.6. The van der Waals surface area contributed by atoms with Crippen LogP contribution in [0.4, 0.5) is 0 Å². The lowest BCUT2D eigenvalue weighted by Crippen LogP contribution is -2.40. The predicted octanol–water partition coefficient (Wildman–Crippen LogP) is 3.12. The van der Waals surface area contributed by atoms with Crippen LogP contribution in [0.1, 0.15) is 29.7 Å². The first-order valence-corrected chi connectivity index (χ1v) is 10.2. The number of amides is 2. The van der Waals surface area contributed by atoms with Gasteiger partial charge in [-0.1, -0.05) is 30.3 Å². The van der Waals surface area contributed by atoms with E-state index in [0.717, 1.165) is 27.7 Å². The summed E-state index contributed by atoms with van der Waals surface area (Å²) in [6.45, 7) is 2.91. The van der Waals surface area contributed by atoms with Gasteiger partial charge in [0.1, 0.15) is 12.4 Å². The Morgan fingerprint density at radius 2 is 1.97 bits per heavy atom. The molecule has 4 rings (SSSR count). The van der Waals surface area contributed by atoms with Gasteiger partial charge in [0.25, 0.3) is 0 Å². The van der Waals surface area contributed by atoms with E-state index in [0.29, 0.717) is 25.3 Å². The third-order valence-corrected chi connectivity index (χ3v) is 5.95. The summed E-state index contributed by atoms with van der Waals surface area (Å²) in [4.78, 5) is 30.9. The van der Waals surface area contributed by atoms with Gasteiger partial charge in [-0.25, -0.2) is 5.48 Å². The number of likely N-dealkylation sites (N-methyl/N-ethyl adjacent to an activating group) is 1. The van der Waals surface area contributed by atoms with Crippen molar-refractivity contribution in [2.75, 3.05) is 13.6 Å². The Balaban J connectivity index is 1.56. The molecule has 3 aromatic rings. The first-order valence-electron chi connectivity index (χ1n) is 10.2. The van der Waals surface area contributed by atoms with Crippen LogP contribution in [-0.2, 0) is 21.6 Å². The molecule has 0 radical (unpaired) electrons. The van der Waals surface area contributed by atoms with E-state index < -0.39 is 11.3 Å². The summed E-state index contributed by atoms with van der Waals surface area (Å²) in [5, 5.41) is 10.0. The number of carbonyl (C=O) groups excluding carboxylic acids is 2. The average molecular weight is 419 g/mol. The standard InChI is InChI=1S/C24H25N3O4/c1-16-13-17(20-5-3-4-6-21(20)25-16)15-31-19-9-7-18(8-10-19)24(14-22(28)26-30)11-12-27(2)23(24)29/h3-10,13,30H,11-12,14-15H2,1-2H3,(H,26,28). The lowest BCUT2D eigenvalue weighted by atomic mass is 9.76. The van der Waals surface area contributed by atoms with Crippen molar-refractivity contribution >= 4 is 22.7 Å². The Labute approximate surface area is 180 Å². The molecule has 1 fully saturated rings.